The molecule has 1 aromatic rings. The molecule has 2 amide bonds. The van der Waals surface area contributed by atoms with Gasteiger partial charge >= 0.3 is 0 Å². The zero-order chi connectivity index (χ0) is 20.2. The van der Waals surface area contributed by atoms with Gasteiger partial charge in [-0.3, -0.25) is 9.59 Å². The van der Waals surface area contributed by atoms with E-state index in [4.69, 9.17) is 0 Å². The van der Waals surface area contributed by atoms with E-state index in [1.54, 1.807) is 33.1 Å². The van der Waals surface area contributed by atoms with Crippen molar-refractivity contribution >= 4 is 41.8 Å². The molecule has 0 fully saturated rings. The van der Waals surface area contributed by atoms with Gasteiger partial charge in [-0.15, -0.1) is 24.0 Å². The fourth-order valence-corrected chi connectivity index (χ4v) is 2.29. The van der Waals surface area contributed by atoms with Gasteiger partial charge in [-0.05, 0) is 30.5 Å². The summed E-state index contributed by atoms with van der Waals surface area (Å²) in [6, 6.07) is 7.65. The summed E-state index contributed by atoms with van der Waals surface area (Å²) < 4.78 is 0. The Morgan fingerprint density at radius 2 is 1.71 bits per heavy atom. The summed E-state index contributed by atoms with van der Waals surface area (Å²) in [5.41, 5.74) is 1.76. The zero-order valence-corrected chi connectivity index (χ0v) is 19.9. The Balaban J connectivity index is 0.00000729. The average Bonchev–Trinajstić information content (AvgIpc) is 2.64. The quantitative estimate of drug-likeness (QED) is 0.234. The van der Waals surface area contributed by atoms with E-state index < -0.39 is 0 Å². The number of benzene rings is 1. The molecule has 0 unspecified atom stereocenters. The maximum absolute atomic E-state index is 12.1. The number of rotatable bonds is 9. The summed E-state index contributed by atoms with van der Waals surface area (Å²) >= 11 is 0. The first kappa shape index (κ1) is 26.2. The third-order valence-corrected chi connectivity index (χ3v) is 3.98. The third kappa shape index (κ3) is 9.91. The molecule has 1 rings (SSSR count). The van der Waals surface area contributed by atoms with Crippen LogP contribution < -0.4 is 10.6 Å². The summed E-state index contributed by atoms with van der Waals surface area (Å²) in [7, 11) is 6.93. The number of hydrogen-bond acceptors (Lipinski definition) is 3. The molecule has 0 radical (unpaired) electrons. The van der Waals surface area contributed by atoms with Gasteiger partial charge in [0.2, 0.25) is 5.91 Å². The number of carbonyl (C=O) groups is 2. The highest BCUT2D eigenvalue weighted by atomic mass is 127. The van der Waals surface area contributed by atoms with Crippen LogP contribution in [0.3, 0.4) is 0 Å². The highest BCUT2D eigenvalue weighted by molar-refractivity contribution is 14.0. The monoisotopic (exact) mass is 503 g/mol. The lowest BCUT2D eigenvalue weighted by Gasteiger charge is -2.14. The first-order chi connectivity index (χ1) is 12.8. The Labute approximate surface area is 186 Å². The number of amides is 2. The normalized spacial score (nSPS) is 10.7. The Kier molecular flexibility index (Phi) is 13.3. The molecule has 158 valence electrons. The maximum Gasteiger partial charge on any atom is 0.253 e. The molecule has 0 atom stereocenters. The summed E-state index contributed by atoms with van der Waals surface area (Å²) in [5.74, 6) is 0.594. The second-order valence-corrected chi connectivity index (χ2v) is 6.81. The van der Waals surface area contributed by atoms with Gasteiger partial charge in [0.05, 0.1) is 0 Å². The Hall–Kier alpha value is -1.84. The van der Waals surface area contributed by atoms with Gasteiger partial charge in [0.1, 0.15) is 6.54 Å². The van der Waals surface area contributed by atoms with Crippen LogP contribution >= 0.6 is 24.0 Å². The molecule has 2 N–H and O–H groups in total. The smallest absolute Gasteiger partial charge is 0.253 e. The number of guanidine groups is 1. The highest BCUT2D eigenvalue weighted by Gasteiger charge is 2.08. The molecule has 0 bridgehead atoms. The van der Waals surface area contributed by atoms with Crippen molar-refractivity contribution < 1.29 is 9.59 Å². The van der Waals surface area contributed by atoms with E-state index in [2.05, 4.69) is 22.5 Å². The van der Waals surface area contributed by atoms with Gasteiger partial charge in [-0.1, -0.05) is 25.5 Å². The standard InChI is InChI=1S/C20H33N5O2.HI/c1-6-7-12-21-20(23-15-18(26)24(2)3)22-13-11-16-9-8-10-17(14-16)19(27)25(4)5;/h8-10,14H,6-7,11-13,15H2,1-5H3,(H2,21,22,23);1H. The Morgan fingerprint density at radius 3 is 2.32 bits per heavy atom. The second kappa shape index (κ2) is 14.2. The van der Waals surface area contributed by atoms with Crippen LogP contribution in [0.5, 0.6) is 0 Å². The molecule has 1 aromatic carbocycles. The number of nitrogens with one attached hydrogen (secondary N) is 2. The number of halogens is 1. The molecule has 0 spiro atoms. The van der Waals surface area contributed by atoms with Crippen molar-refractivity contribution in [1.82, 2.24) is 20.4 Å². The van der Waals surface area contributed by atoms with Crippen LogP contribution in [0.4, 0.5) is 0 Å². The summed E-state index contributed by atoms with van der Waals surface area (Å²) in [6.07, 6.45) is 2.88. The van der Waals surface area contributed by atoms with E-state index in [1.165, 1.54) is 4.90 Å². The van der Waals surface area contributed by atoms with Crippen LogP contribution in [-0.4, -0.2) is 75.4 Å². The lowest BCUT2D eigenvalue weighted by molar-refractivity contribution is -0.127. The third-order valence-electron chi connectivity index (χ3n) is 3.98. The Bertz CT molecular complexity index is 647. The van der Waals surface area contributed by atoms with Gasteiger partial charge in [0.15, 0.2) is 5.96 Å². The molecule has 28 heavy (non-hydrogen) atoms. The van der Waals surface area contributed by atoms with E-state index in [-0.39, 0.29) is 42.3 Å². The first-order valence-electron chi connectivity index (χ1n) is 9.38. The van der Waals surface area contributed by atoms with Crippen molar-refractivity contribution in [3.63, 3.8) is 0 Å². The van der Waals surface area contributed by atoms with E-state index >= 15 is 0 Å². The number of carbonyl (C=O) groups excluding carboxylic acids is 2. The van der Waals surface area contributed by atoms with Crippen molar-refractivity contribution in [2.24, 2.45) is 4.99 Å². The number of hydrogen-bond donors (Lipinski definition) is 2. The minimum Gasteiger partial charge on any atom is -0.356 e. The van der Waals surface area contributed by atoms with Crippen LogP contribution in [0.25, 0.3) is 0 Å². The van der Waals surface area contributed by atoms with E-state index in [1.807, 2.05) is 24.3 Å². The SMILES string of the molecule is CCCCNC(=NCC(=O)N(C)C)NCCc1cccc(C(=O)N(C)C)c1.I. The van der Waals surface area contributed by atoms with Crippen molar-refractivity contribution in [3.8, 4) is 0 Å². The number of likely N-dealkylation sites (N-methyl/N-ethyl adjacent to an activating group) is 1. The van der Waals surface area contributed by atoms with Crippen LogP contribution in [0, 0.1) is 0 Å². The van der Waals surface area contributed by atoms with Gasteiger partial charge < -0.3 is 20.4 Å². The van der Waals surface area contributed by atoms with Crippen molar-refractivity contribution in [1.29, 1.82) is 0 Å². The molecular formula is C20H34IN5O2. The van der Waals surface area contributed by atoms with Gasteiger partial charge in [0.25, 0.3) is 5.91 Å². The van der Waals surface area contributed by atoms with Gasteiger partial charge in [-0.2, -0.15) is 0 Å². The van der Waals surface area contributed by atoms with Crippen LogP contribution in [-0.2, 0) is 11.2 Å². The van der Waals surface area contributed by atoms with Crippen LogP contribution in [0.2, 0.25) is 0 Å². The zero-order valence-electron chi connectivity index (χ0n) is 17.6. The topological polar surface area (TPSA) is 77.0 Å². The molecule has 0 aliphatic carbocycles. The molecule has 0 aromatic heterocycles. The van der Waals surface area contributed by atoms with Crippen molar-refractivity contribution in [2.45, 2.75) is 26.2 Å². The van der Waals surface area contributed by atoms with Crippen LogP contribution in [0.1, 0.15) is 35.7 Å². The van der Waals surface area contributed by atoms with Crippen LogP contribution in [0.15, 0.2) is 29.3 Å². The maximum atomic E-state index is 12.1. The molecule has 0 aliphatic heterocycles. The summed E-state index contributed by atoms with van der Waals surface area (Å²) in [4.78, 5) is 31.3. The van der Waals surface area contributed by atoms with Gasteiger partial charge in [-0.25, -0.2) is 4.99 Å². The molecule has 8 heteroatoms. The molecule has 0 heterocycles. The molecular weight excluding hydrogens is 469 g/mol. The lowest BCUT2D eigenvalue weighted by Crippen LogP contribution is -2.40. The average molecular weight is 503 g/mol. The molecule has 0 saturated carbocycles. The minimum absolute atomic E-state index is 0. The van der Waals surface area contributed by atoms with Crippen molar-refractivity contribution in [2.75, 3.05) is 47.8 Å². The largest absolute Gasteiger partial charge is 0.356 e. The predicted molar refractivity (Wildman–Crippen MR) is 125 cm³/mol. The highest BCUT2D eigenvalue weighted by Crippen LogP contribution is 2.07. The number of unbranched alkanes of at least 4 members (excludes halogenated alkanes) is 1. The van der Waals surface area contributed by atoms with E-state index in [0.717, 1.165) is 31.4 Å². The first-order valence-corrected chi connectivity index (χ1v) is 9.38. The molecule has 7 nitrogen and oxygen atoms in total. The van der Waals surface area contributed by atoms with Crippen molar-refractivity contribution in [3.05, 3.63) is 35.4 Å². The summed E-state index contributed by atoms with van der Waals surface area (Å²) in [6.45, 7) is 3.71. The molecule has 0 saturated heterocycles. The molecule has 0 aliphatic rings. The second-order valence-electron chi connectivity index (χ2n) is 6.81. The van der Waals surface area contributed by atoms with E-state index in [9.17, 15) is 9.59 Å². The summed E-state index contributed by atoms with van der Waals surface area (Å²) in [5, 5.41) is 6.52. The predicted octanol–water partition coefficient (Wildman–Crippen LogP) is 1.97. The van der Waals surface area contributed by atoms with E-state index in [0.29, 0.717) is 18.1 Å². The fraction of sp³-hybridized carbons (Fsp3) is 0.550. The Morgan fingerprint density at radius 1 is 1.04 bits per heavy atom. The number of nitrogens with zero attached hydrogens (tertiary/aromatic N) is 3. The van der Waals surface area contributed by atoms with Gasteiger partial charge in [0, 0.05) is 46.8 Å². The minimum atomic E-state index is -0.0403. The lowest BCUT2D eigenvalue weighted by atomic mass is 10.1. The fourth-order valence-electron chi connectivity index (χ4n) is 2.29. The number of aliphatic imine (C=N–C) groups is 1.